The van der Waals surface area contributed by atoms with Gasteiger partial charge in [-0.2, -0.15) is 0 Å². The van der Waals surface area contributed by atoms with Gasteiger partial charge in [-0.05, 0) is 49.2 Å². The van der Waals surface area contributed by atoms with Crippen LogP contribution in [0.3, 0.4) is 0 Å². The highest BCUT2D eigenvalue weighted by Gasteiger charge is 2.08. The van der Waals surface area contributed by atoms with Crippen LogP contribution in [0.5, 0.6) is 0 Å². The summed E-state index contributed by atoms with van der Waals surface area (Å²) < 4.78 is 0. The van der Waals surface area contributed by atoms with Crippen molar-refractivity contribution >= 4 is 10.8 Å². The molecule has 1 atom stereocenters. The van der Waals surface area contributed by atoms with E-state index >= 15 is 0 Å². The second-order valence-electron chi connectivity index (χ2n) is 5.49. The molecule has 0 bridgehead atoms. The van der Waals surface area contributed by atoms with E-state index in [1.54, 1.807) is 0 Å². The average Bonchev–Trinajstić information content (AvgIpc) is 2.50. The minimum atomic E-state index is 0.645. The Morgan fingerprint density at radius 3 is 2.80 bits per heavy atom. The number of hydrogen-bond acceptors (Lipinski definition) is 2. The van der Waals surface area contributed by atoms with Gasteiger partial charge in [0.05, 0.1) is 0 Å². The zero-order valence-corrected chi connectivity index (χ0v) is 12.7. The predicted molar refractivity (Wildman–Crippen MR) is 87.1 cm³/mol. The van der Waals surface area contributed by atoms with Gasteiger partial charge in [0.25, 0.3) is 0 Å². The van der Waals surface area contributed by atoms with Crippen LogP contribution < -0.4 is 5.32 Å². The Morgan fingerprint density at radius 1 is 1.10 bits per heavy atom. The quantitative estimate of drug-likeness (QED) is 0.772. The van der Waals surface area contributed by atoms with E-state index in [9.17, 15) is 0 Å². The van der Waals surface area contributed by atoms with Crippen LogP contribution in [0.15, 0.2) is 36.7 Å². The number of nitrogens with zero attached hydrogens (tertiary/aromatic N) is 1. The van der Waals surface area contributed by atoms with Gasteiger partial charge in [-0.1, -0.05) is 38.5 Å². The molecule has 1 unspecified atom stereocenters. The highest BCUT2D eigenvalue weighted by atomic mass is 14.9. The van der Waals surface area contributed by atoms with Crippen LogP contribution in [0.2, 0.25) is 0 Å². The Kier molecular flexibility index (Phi) is 6.00. The molecule has 2 heteroatoms. The molecule has 0 spiro atoms. The lowest BCUT2D eigenvalue weighted by Gasteiger charge is -2.18. The Labute approximate surface area is 122 Å². The third-order valence-corrected chi connectivity index (χ3v) is 3.86. The monoisotopic (exact) mass is 270 g/mol. The molecule has 2 rings (SSSR count). The molecule has 0 aliphatic carbocycles. The lowest BCUT2D eigenvalue weighted by molar-refractivity contribution is 0.449. The van der Waals surface area contributed by atoms with Crippen LogP contribution in [0.4, 0.5) is 0 Å². The first-order valence-electron chi connectivity index (χ1n) is 7.90. The van der Waals surface area contributed by atoms with E-state index < -0.39 is 0 Å². The van der Waals surface area contributed by atoms with E-state index in [0.29, 0.717) is 6.04 Å². The molecule has 0 saturated carbocycles. The topological polar surface area (TPSA) is 24.9 Å². The maximum absolute atomic E-state index is 4.27. The fraction of sp³-hybridized carbons (Fsp3) is 0.500. The lowest BCUT2D eigenvalue weighted by Crippen LogP contribution is -2.30. The summed E-state index contributed by atoms with van der Waals surface area (Å²) in [5, 5.41) is 6.28. The number of fused-ring (bicyclic) bond motifs is 1. The van der Waals surface area contributed by atoms with Crippen LogP contribution >= 0.6 is 0 Å². The normalized spacial score (nSPS) is 12.7. The molecule has 0 aliphatic rings. The van der Waals surface area contributed by atoms with Crippen molar-refractivity contribution in [2.75, 3.05) is 6.54 Å². The van der Waals surface area contributed by atoms with Crippen LogP contribution in [-0.4, -0.2) is 17.6 Å². The van der Waals surface area contributed by atoms with Crippen molar-refractivity contribution in [2.45, 2.75) is 52.0 Å². The van der Waals surface area contributed by atoms with Crippen LogP contribution in [0.25, 0.3) is 10.8 Å². The average molecular weight is 270 g/mol. The molecular weight excluding hydrogens is 244 g/mol. The fourth-order valence-corrected chi connectivity index (χ4v) is 2.77. The SMILES string of the molecule is CCCNC(CCC)CCc1cccc2ccncc12. The molecule has 1 aromatic heterocycles. The van der Waals surface area contributed by atoms with Gasteiger partial charge in [0.15, 0.2) is 0 Å². The summed E-state index contributed by atoms with van der Waals surface area (Å²) in [6, 6.07) is 9.31. The number of pyridine rings is 1. The van der Waals surface area contributed by atoms with Crippen molar-refractivity contribution in [3.63, 3.8) is 0 Å². The number of benzene rings is 1. The molecule has 1 aromatic carbocycles. The number of aryl methyl sites for hydroxylation is 1. The molecule has 2 aromatic rings. The Balaban J connectivity index is 2.03. The summed E-state index contributed by atoms with van der Waals surface area (Å²) in [6.45, 7) is 5.62. The minimum absolute atomic E-state index is 0.645. The third kappa shape index (κ3) is 4.04. The zero-order valence-electron chi connectivity index (χ0n) is 12.7. The van der Waals surface area contributed by atoms with E-state index in [2.05, 4.69) is 48.4 Å². The van der Waals surface area contributed by atoms with Crippen molar-refractivity contribution in [2.24, 2.45) is 0 Å². The highest BCUT2D eigenvalue weighted by molar-refractivity contribution is 5.84. The van der Waals surface area contributed by atoms with E-state index in [0.717, 1.165) is 13.0 Å². The molecule has 0 aliphatic heterocycles. The van der Waals surface area contributed by atoms with Crippen molar-refractivity contribution in [3.8, 4) is 0 Å². The smallest absolute Gasteiger partial charge is 0.0349 e. The Bertz CT molecular complexity index is 516. The van der Waals surface area contributed by atoms with Crippen LogP contribution in [0, 0.1) is 0 Å². The number of hydrogen-bond donors (Lipinski definition) is 1. The molecule has 2 nitrogen and oxygen atoms in total. The molecule has 1 N–H and O–H groups in total. The highest BCUT2D eigenvalue weighted by Crippen LogP contribution is 2.19. The maximum atomic E-state index is 4.27. The summed E-state index contributed by atoms with van der Waals surface area (Å²) >= 11 is 0. The van der Waals surface area contributed by atoms with E-state index in [1.165, 1.54) is 42.0 Å². The summed E-state index contributed by atoms with van der Waals surface area (Å²) in [7, 11) is 0. The first-order valence-corrected chi connectivity index (χ1v) is 7.90. The lowest BCUT2D eigenvalue weighted by atomic mass is 9.98. The summed E-state index contributed by atoms with van der Waals surface area (Å²) in [4.78, 5) is 4.27. The Morgan fingerprint density at radius 2 is 2.00 bits per heavy atom. The second kappa shape index (κ2) is 8.01. The van der Waals surface area contributed by atoms with Crippen molar-refractivity contribution in [1.29, 1.82) is 0 Å². The van der Waals surface area contributed by atoms with Gasteiger partial charge in [-0.25, -0.2) is 0 Å². The maximum Gasteiger partial charge on any atom is 0.0349 e. The fourth-order valence-electron chi connectivity index (χ4n) is 2.77. The van der Waals surface area contributed by atoms with Gasteiger partial charge in [-0.15, -0.1) is 0 Å². The van der Waals surface area contributed by atoms with Gasteiger partial charge >= 0.3 is 0 Å². The van der Waals surface area contributed by atoms with Gasteiger partial charge in [0.1, 0.15) is 0 Å². The van der Waals surface area contributed by atoms with Crippen molar-refractivity contribution < 1.29 is 0 Å². The predicted octanol–water partition coefficient (Wildman–Crippen LogP) is 4.34. The van der Waals surface area contributed by atoms with Crippen LogP contribution in [0.1, 0.15) is 45.1 Å². The molecule has 108 valence electrons. The molecular formula is C18H26N2. The third-order valence-electron chi connectivity index (χ3n) is 3.86. The first kappa shape index (κ1) is 15.0. The first-order chi connectivity index (χ1) is 9.85. The van der Waals surface area contributed by atoms with Crippen molar-refractivity contribution in [1.82, 2.24) is 10.3 Å². The van der Waals surface area contributed by atoms with E-state index in [1.807, 2.05) is 12.4 Å². The largest absolute Gasteiger partial charge is 0.314 e. The molecule has 1 heterocycles. The summed E-state index contributed by atoms with van der Waals surface area (Å²) in [6.07, 6.45) is 9.93. The van der Waals surface area contributed by atoms with Gasteiger partial charge < -0.3 is 5.32 Å². The van der Waals surface area contributed by atoms with Gasteiger partial charge in [0.2, 0.25) is 0 Å². The number of nitrogens with one attached hydrogen (secondary N) is 1. The van der Waals surface area contributed by atoms with Crippen LogP contribution in [-0.2, 0) is 6.42 Å². The van der Waals surface area contributed by atoms with Crippen molar-refractivity contribution in [3.05, 3.63) is 42.2 Å². The summed E-state index contributed by atoms with van der Waals surface area (Å²) in [5.41, 5.74) is 1.43. The second-order valence-corrected chi connectivity index (χ2v) is 5.49. The van der Waals surface area contributed by atoms with Gasteiger partial charge in [0, 0.05) is 23.8 Å². The standard InChI is InChI=1S/C18H26N2/c1-3-6-17(20-12-4-2)10-9-15-7-5-8-16-11-13-19-14-18(15)16/h5,7-8,11,13-14,17,20H,3-4,6,9-10,12H2,1-2H3. The molecule has 0 radical (unpaired) electrons. The summed E-state index contributed by atoms with van der Waals surface area (Å²) in [5.74, 6) is 0. The van der Waals surface area contributed by atoms with E-state index in [-0.39, 0.29) is 0 Å². The number of rotatable bonds is 8. The zero-order chi connectivity index (χ0) is 14.2. The molecule has 20 heavy (non-hydrogen) atoms. The number of aromatic nitrogens is 1. The molecule has 0 saturated heterocycles. The van der Waals surface area contributed by atoms with Gasteiger partial charge in [-0.3, -0.25) is 4.98 Å². The molecule has 0 amide bonds. The molecule has 0 fully saturated rings. The van der Waals surface area contributed by atoms with E-state index in [4.69, 9.17) is 0 Å². The minimum Gasteiger partial charge on any atom is -0.314 e. The Hall–Kier alpha value is -1.41.